The Bertz CT molecular complexity index is 4310. The maximum Gasteiger partial charge on any atom is 0.135 e. The lowest BCUT2D eigenvalue weighted by Crippen LogP contribution is -2.17. The van der Waals surface area contributed by atoms with Gasteiger partial charge >= 0.3 is 0 Å². The molecular weight excluding hydrogens is 917 g/mol. The van der Waals surface area contributed by atoms with E-state index in [2.05, 4.69) is 264 Å². The lowest BCUT2D eigenvalue weighted by atomic mass is 9.77. The summed E-state index contributed by atoms with van der Waals surface area (Å²) in [5.41, 5.74) is 26.0. The number of fused-ring (bicyclic) bond motifs is 11. The third-order valence-electron chi connectivity index (χ3n) is 17.4. The first-order valence-corrected chi connectivity index (χ1v) is 26.8. The summed E-state index contributed by atoms with van der Waals surface area (Å²) in [5.74, 6) is 0.00120. The molecule has 1 nitrogen and oxygen atoms in total. The molecule has 2 aliphatic rings. The van der Waals surface area contributed by atoms with Gasteiger partial charge in [-0.3, -0.25) is 0 Å². The fraction of sp³-hybridized carbons (Fsp3) is 0.0933. The van der Waals surface area contributed by atoms with E-state index >= 15 is 0 Å². The highest BCUT2D eigenvalue weighted by atomic mass is 16.3. The highest BCUT2D eigenvalue weighted by Gasteiger charge is 2.39. The van der Waals surface area contributed by atoms with Crippen LogP contribution < -0.4 is 0 Å². The standard InChI is InChI=1S/C75H54O/c1-74(2)67-42-57(54-27-23-46-11-5-7-13-52(46)39-54)29-34-61(67)63-36-31-59(44-69(63)74)73(51-25-21-49(22-26-51)48-17-19-50(20-18-48)56-33-38-72-66(41-56)65-15-9-10-16-71(65)76-72)60-32-37-64-62-35-30-58(43-68(62)75(3,4)70(64)45-60)55-28-24-47-12-6-8-14-53(47)40-55/h5-45,73H,1-4H3. The molecule has 0 saturated heterocycles. The number of para-hydroxylation sites is 1. The first kappa shape index (κ1) is 44.4. The highest BCUT2D eigenvalue weighted by Crippen LogP contribution is 2.54. The summed E-state index contributed by atoms with van der Waals surface area (Å²) in [6.45, 7) is 9.67. The molecular formula is C75H54O. The van der Waals surface area contributed by atoms with E-state index in [0.717, 1.165) is 21.9 Å². The van der Waals surface area contributed by atoms with Crippen molar-refractivity contribution in [2.24, 2.45) is 0 Å². The number of rotatable bonds is 7. The summed E-state index contributed by atoms with van der Waals surface area (Å²) in [5, 5.41) is 7.36. The van der Waals surface area contributed by atoms with Crippen molar-refractivity contribution in [3.8, 4) is 66.8 Å². The minimum atomic E-state index is -0.198. The monoisotopic (exact) mass is 970 g/mol. The van der Waals surface area contributed by atoms with Gasteiger partial charge in [-0.15, -0.1) is 0 Å². The molecule has 0 atom stereocenters. The van der Waals surface area contributed by atoms with Crippen molar-refractivity contribution in [3.63, 3.8) is 0 Å². The van der Waals surface area contributed by atoms with Crippen LogP contribution in [0.4, 0.5) is 0 Å². The normalized spacial score (nSPS) is 13.9. The molecule has 0 fully saturated rings. The van der Waals surface area contributed by atoms with Gasteiger partial charge in [0, 0.05) is 27.5 Å². The quantitative estimate of drug-likeness (QED) is 0.145. The highest BCUT2D eigenvalue weighted by molar-refractivity contribution is 6.06. The Hall–Kier alpha value is -9.04. The van der Waals surface area contributed by atoms with Crippen LogP contribution in [0.5, 0.6) is 0 Å². The Morgan fingerprint density at radius 1 is 0.263 bits per heavy atom. The largest absolute Gasteiger partial charge is 0.456 e. The predicted octanol–water partition coefficient (Wildman–Crippen LogP) is 20.4. The topological polar surface area (TPSA) is 13.1 Å². The third kappa shape index (κ3) is 6.99. The van der Waals surface area contributed by atoms with Gasteiger partial charge in [-0.2, -0.15) is 0 Å². The third-order valence-corrected chi connectivity index (χ3v) is 17.4. The van der Waals surface area contributed by atoms with Crippen molar-refractivity contribution in [3.05, 3.63) is 288 Å². The average molecular weight is 971 g/mol. The van der Waals surface area contributed by atoms with Crippen molar-refractivity contribution >= 4 is 43.5 Å². The van der Waals surface area contributed by atoms with Gasteiger partial charge in [0.25, 0.3) is 0 Å². The van der Waals surface area contributed by atoms with E-state index < -0.39 is 0 Å². The predicted molar refractivity (Wildman–Crippen MR) is 319 cm³/mol. The van der Waals surface area contributed by atoms with Crippen LogP contribution in [0.25, 0.3) is 110 Å². The molecule has 360 valence electrons. The Kier molecular flexibility index (Phi) is 9.79. The molecule has 0 spiro atoms. The zero-order valence-electron chi connectivity index (χ0n) is 43.2. The summed E-state index contributed by atoms with van der Waals surface area (Å²) < 4.78 is 6.14. The summed E-state index contributed by atoms with van der Waals surface area (Å²) in [4.78, 5) is 0. The lowest BCUT2D eigenvalue weighted by molar-refractivity contribution is 0.657. The molecule has 0 N–H and O–H groups in total. The van der Waals surface area contributed by atoms with E-state index in [1.807, 2.05) is 12.1 Å². The SMILES string of the molecule is CC1(C)c2cc(-c3ccc4ccccc4c3)ccc2-c2ccc(C(c3ccc(-c4ccc(-c5ccc6oc7ccccc7c6c5)cc4)cc3)c3ccc4c(c3)C(C)(C)c3cc(-c5ccc6ccccc6c5)ccc3-4)cc21. The van der Waals surface area contributed by atoms with Gasteiger partial charge in [0.1, 0.15) is 11.2 Å². The van der Waals surface area contributed by atoms with E-state index in [1.165, 1.54) is 127 Å². The van der Waals surface area contributed by atoms with Crippen molar-refractivity contribution in [2.45, 2.75) is 44.4 Å². The van der Waals surface area contributed by atoms with Crippen LogP contribution in [0.2, 0.25) is 0 Å². The summed E-state index contributed by atoms with van der Waals surface area (Å²) >= 11 is 0. The van der Waals surface area contributed by atoms with E-state index in [9.17, 15) is 0 Å². The zero-order chi connectivity index (χ0) is 50.9. The second kappa shape index (κ2) is 16.7. The molecule has 2 aliphatic carbocycles. The molecule has 0 radical (unpaired) electrons. The van der Waals surface area contributed by atoms with E-state index in [0.29, 0.717) is 0 Å². The molecule has 0 saturated carbocycles. The van der Waals surface area contributed by atoms with Gasteiger partial charge in [0.15, 0.2) is 0 Å². The van der Waals surface area contributed by atoms with E-state index in [-0.39, 0.29) is 16.7 Å². The van der Waals surface area contributed by atoms with Crippen molar-refractivity contribution < 1.29 is 4.42 Å². The lowest BCUT2D eigenvalue weighted by Gasteiger charge is -2.27. The zero-order valence-corrected chi connectivity index (χ0v) is 43.2. The maximum absolute atomic E-state index is 6.14. The minimum absolute atomic E-state index is 0.00120. The van der Waals surface area contributed by atoms with Crippen LogP contribution in [0.1, 0.15) is 72.6 Å². The Morgan fingerprint density at radius 3 is 1.16 bits per heavy atom. The number of hydrogen-bond donors (Lipinski definition) is 0. The molecule has 13 aromatic rings. The number of furan rings is 1. The number of benzene rings is 12. The minimum Gasteiger partial charge on any atom is -0.456 e. The van der Waals surface area contributed by atoms with Crippen LogP contribution in [0, 0.1) is 0 Å². The Labute approximate surface area is 444 Å². The molecule has 76 heavy (non-hydrogen) atoms. The van der Waals surface area contributed by atoms with Crippen molar-refractivity contribution in [2.75, 3.05) is 0 Å². The fourth-order valence-electron chi connectivity index (χ4n) is 13.2. The van der Waals surface area contributed by atoms with Crippen LogP contribution >= 0.6 is 0 Å². The van der Waals surface area contributed by atoms with Gasteiger partial charge in [-0.25, -0.2) is 0 Å². The second-order valence-electron chi connectivity index (χ2n) is 22.4. The molecule has 1 aromatic heterocycles. The van der Waals surface area contributed by atoms with Gasteiger partial charge in [0.2, 0.25) is 0 Å². The fourth-order valence-corrected chi connectivity index (χ4v) is 13.2. The van der Waals surface area contributed by atoms with Crippen LogP contribution in [0.15, 0.2) is 253 Å². The smallest absolute Gasteiger partial charge is 0.135 e. The van der Waals surface area contributed by atoms with Gasteiger partial charge < -0.3 is 4.42 Å². The Balaban J connectivity index is 0.803. The molecule has 0 aliphatic heterocycles. The Morgan fingerprint density at radius 2 is 0.618 bits per heavy atom. The van der Waals surface area contributed by atoms with Gasteiger partial charge in [-0.05, 0) is 170 Å². The molecule has 1 heteroatoms. The van der Waals surface area contributed by atoms with Crippen molar-refractivity contribution in [1.29, 1.82) is 0 Å². The summed E-state index contributed by atoms with van der Waals surface area (Å²) in [6.07, 6.45) is 0. The molecule has 0 bridgehead atoms. The van der Waals surface area contributed by atoms with Crippen LogP contribution in [-0.4, -0.2) is 0 Å². The van der Waals surface area contributed by atoms with Gasteiger partial charge in [-0.1, -0.05) is 234 Å². The first-order valence-electron chi connectivity index (χ1n) is 26.8. The second-order valence-corrected chi connectivity index (χ2v) is 22.4. The van der Waals surface area contributed by atoms with Crippen molar-refractivity contribution in [1.82, 2.24) is 0 Å². The maximum atomic E-state index is 6.14. The average Bonchev–Trinajstić information content (AvgIpc) is 4.16. The first-order chi connectivity index (χ1) is 37.1. The molecule has 12 aromatic carbocycles. The molecule has 0 unspecified atom stereocenters. The molecule has 15 rings (SSSR count). The number of hydrogen-bond acceptors (Lipinski definition) is 1. The van der Waals surface area contributed by atoms with Crippen LogP contribution in [0.3, 0.4) is 0 Å². The van der Waals surface area contributed by atoms with Gasteiger partial charge in [0.05, 0.1) is 0 Å². The van der Waals surface area contributed by atoms with E-state index in [4.69, 9.17) is 4.42 Å². The summed E-state index contributed by atoms with van der Waals surface area (Å²) in [7, 11) is 0. The van der Waals surface area contributed by atoms with Crippen LogP contribution in [-0.2, 0) is 10.8 Å². The van der Waals surface area contributed by atoms with E-state index in [1.54, 1.807) is 0 Å². The summed E-state index contributed by atoms with van der Waals surface area (Å²) in [6, 6.07) is 93.2. The molecule has 1 heterocycles. The molecule has 0 amide bonds.